The molecule has 2 heterocycles. The van der Waals surface area contributed by atoms with Crippen LogP contribution in [-0.4, -0.2) is 80.5 Å². The van der Waals surface area contributed by atoms with Crippen molar-refractivity contribution < 1.29 is 24.1 Å². The number of carbonyl (C=O) groups is 1. The van der Waals surface area contributed by atoms with Gasteiger partial charge in [-0.05, 0) is 36.3 Å². The first-order valence-electron chi connectivity index (χ1n) is 9.68. The predicted molar refractivity (Wildman–Crippen MR) is 115 cm³/mol. The van der Waals surface area contributed by atoms with Crippen LogP contribution < -0.4 is 5.32 Å². The average molecular weight is 450 g/mol. The lowest BCUT2D eigenvalue weighted by Gasteiger charge is -2.28. The van der Waals surface area contributed by atoms with Crippen molar-refractivity contribution in [3.05, 3.63) is 47.5 Å². The summed E-state index contributed by atoms with van der Waals surface area (Å²) >= 11 is 4.96. The minimum atomic E-state index is -1.43. The first-order chi connectivity index (χ1) is 14.9. The van der Waals surface area contributed by atoms with Gasteiger partial charge < -0.3 is 25.2 Å². The van der Waals surface area contributed by atoms with Crippen LogP contribution in [0.15, 0.2) is 30.5 Å². The SMILES string of the molecule is COC(=S)CNCc1cn(-c2ccc(C3=CCN(C(=O)[C@H](O)CO)CC3)c(F)c2)nn1. The Balaban J connectivity index is 1.65. The summed E-state index contributed by atoms with van der Waals surface area (Å²) in [5.74, 6) is -0.936. The number of aromatic nitrogens is 3. The molecule has 1 aromatic heterocycles. The van der Waals surface area contributed by atoms with E-state index in [0.29, 0.717) is 48.1 Å². The Hall–Kier alpha value is -2.73. The van der Waals surface area contributed by atoms with Crippen LogP contribution >= 0.6 is 12.2 Å². The van der Waals surface area contributed by atoms with Gasteiger partial charge in [0.2, 0.25) is 0 Å². The molecule has 1 aliphatic rings. The first-order valence-corrected chi connectivity index (χ1v) is 10.1. The molecular formula is C20H24FN5O4S. The Morgan fingerprint density at radius 2 is 2.26 bits per heavy atom. The van der Waals surface area contributed by atoms with E-state index in [-0.39, 0.29) is 6.54 Å². The molecule has 166 valence electrons. The van der Waals surface area contributed by atoms with Crippen molar-refractivity contribution in [3.63, 3.8) is 0 Å². The van der Waals surface area contributed by atoms with Crippen LogP contribution in [0.4, 0.5) is 4.39 Å². The number of amides is 1. The number of ether oxygens (including phenoxy) is 1. The topological polar surface area (TPSA) is 113 Å². The molecule has 0 spiro atoms. The number of halogens is 1. The fraction of sp³-hybridized carbons (Fsp3) is 0.400. The van der Waals surface area contributed by atoms with Gasteiger partial charge in [-0.15, -0.1) is 5.10 Å². The van der Waals surface area contributed by atoms with E-state index in [1.807, 2.05) is 0 Å². The Labute approximate surface area is 184 Å². The van der Waals surface area contributed by atoms with Crippen LogP contribution in [0.1, 0.15) is 17.7 Å². The van der Waals surface area contributed by atoms with Gasteiger partial charge in [-0.1, -0.05) is 11.3 Å². The molecule has 9 nitrogen and oxygen atoms in total. The maximum Gasteiger partial charge on any atom is 0.254 e. The van der Waals surface area contributed by atoms with E-state index in [1.54, 1.807) is 24.4 Å². The van der Waals surface area contributed by atoms with Crippen LogP contribution in [0, 0.1) is 5.82 Å². The highest BCUT2D eigenvalue weighted by molar-refractivity contribution is 7.80. The van der Waals surface area contributed by atoms with E-state index in [9.17, 15) is 14.3 Å². The van der Waals surface area contributed by atoms with E-state index >= 15 is 0 Å². The van der Waals surface area contributed by atoms with E-state index in [4.69, 9.17) is 22.1 Å². The summed E-state index contributed by atoms with van der Waals surface area (Å²) < 4.78 is 21.2. The number of hydrogen-bond acceptors (Lipinski definition) is 8. The number of thiocarbonyl (C=S) groups is 1. The van der Waals surface area contributed by atoms with Gasteiger partial charge in [0.15, 0.2) is 11.2 Å². The van der Waals surface area contributed by atoms with Crippen molar-refractivity contribution in [2.75, 3.05) is 33.4 Å². The van der Waals surface area contributed by atoms with Crippen molar-refractivity contribution >= 4 is 28.7 Å². The molecule has 0 unspecified atom stereocenters. The van der Waals surface area contributed by atoms with Crippen LogP contribution in [-0.2, 0) is 16.1 Å². The number of rotatable bonds is 8. The highest BCUT2D eigenvalue weighted by Crippen LogP contribution is 2.26. The fourth-order valence-corrected chi connectivity index (χ4v) is 3.28. The first kappa shape index (κ1) is 22.9. The average Bonchev–Trinajstić information content (AvgIpc) is 3.27. The quantitative estimate of drug-likeness (QED) is 0.498. The van der Waals surface area contributed by atoms with Gasteiger partial charge in [-0.25, -0.2) is 9.07 Å². The predicted octanol–water partition coefficient (Wildman–Crippen LogP) is 0.439. The van der Waals surface area contributed by atoms with Gasteiger partial charge in [0.1, 0.15) is 5.82 Å². The minimum Gasteiger partial charge on any atom is -0.489 e. The second-order valence-electron chi connectivity index (χ2n) is 6.96. The fourth-order valence-electron chi connectivity index (χ4n) is 3.18. The minimum absolute atomic E-state index is 0.248. The second kappa shape index (κ2) is 10.5. The highest BCUT2D eigenvalue weighted by Gasteiger charge is 2.24. The Morgan fingerprint density at radius 1 is 1.45 bits per heavy atom. The molecular weight excluding hydrogens is 425 g/mol. The molecule has 0 saturated carbocycles. The Bertz CT molecular complexity index is 980. The second-order valence-corrected chi connectivity index (χ2v) is 7.42. The summed E-state index contributed by atoms with van der Waals surface area (Å²) in [4.78, 5) is 13.4. The van der Waals surface area contributed by atoms with Crippen LogP contribution in [0.5, 0.6) is 0 Å². The lowest BCUT2D eigenvalue weighted by Crippen LogP contribution is -2.42. The lowest BCUT2D eigenvalue weighted by atomic mass is 9.98. The van der Waals surface area contributed by atoms with Crippen LogP contribution in [0.25, 0.3) is 11.3 Å². The van der Waals surface area contributed by atoms with E-state index in [0.717, 1.165) is 5.57 Å². The molecule has 0 bridgehead atoms. The molecule has 3 rings (SSSR count). The number of carbonyl (C=O) groups excluding carboxylic acids is 1. The molecule has 11 heteroatoms. The van der Waals surface area contributed by atoms with Gasteiger partial charge in [0.05, 0.1) is 37.8 Å². The number of benzene rings is 1. The molecule has 31 heavy (non-hydrogen) atoms. The molecule has 1 aromatic carbocycles. The maximum absolute atomic E-state index is 14.8. The molecule has 1 amide bonds. The van der Waals surface area contributed by atoms with Crippen molar-refractivity contribution in [2.45, 2.75) is 19.1 Å². The third-order valence-electron chi connectivity index (χ3n) is 4.89. The molecule has 0 saturated heterocycles. The molecule has 0 radical (unpaired) electrons. The van der Waals surface area contributed by atoms with Crippen LogP contribution in [0.2, 0.25) is 0 Å². The number of hydrogen-bond donors (Lipinski definition) is 3. The normalized spacial score (nSPS) is 14.8. The Kier molecular flexibility index (Phi) is 7.80. The summed E-state index contributed by atoms with van der Waals surface area (Å²) in [5, 5.41) is 30.0. The number of aliphatic hydroxyl groups excluding tert-OH is 2. The monoisotopic (exact) mass is 449 g/mol. The van der Waals surface area contributed by atoms with Crippen molar-refractivity contribution in [3.8, 4) is 5.69 Å². The molecule has 1 aliphatic heterocycles. The standard InChI is InChI=1S/C20H24FN5O4S/c1-30-19(31)10-22-9-14-11-26(24-23-14)15-2-3-16(17(21)8-15)13-4-6-25(7-5-13)20(29)18(28)12-27/h2-4,8,11,18,22,27-28H,5-7,9-10,12H2,1H3/t18-/m1/s1. The molecule has 0 fully saturated rings. The van der Waals surface area contributed by atoms with Crippen molar-refractivity contribution in [1.82, 2.24) is 25.2 Å². The molecule has 1 atom stereocenters. The molecule has 0 aliphatic carbocycles. The third kappa shape index (κ3) is 5.70. The molecule has 2 aromatic rings. The maximum atomic E-state index is 14.8. The highest BCUT2D eigenvalue weighted by atomic mass is 32.1. The summed E-state index contributed by atoms with van der Waals surface area (Å²) in [7, 11) is 1.51. The number of nitrogens with zero attached hydrogens (tertiary/aromatic N) is 4. The number of methoxy groups -OCH3 is 1. The summed E-state index contributed by atoms with van der Waals surface area (Å²) in [5.41, 5.74) is 2.44. The number of nitrogens with one attached hydrogen (secondary N) is 1. The summed E-state index contributed by atoms with van der Waals surface area (Å²) in [6.45, 7) is 0.826. The zero-order valence-electron chi connectivity index (χ0n) is 17.0. The molecule has 3 N–H and O–H groups in total. The smallest absolute Gasteiger partial charge is 0.254 e. The zero-order valence-corrected chi connectivity index (χ0v) is 17.8. The van der Waals surface area contributed by atoms with E-state index in [2.05, 4.69) is 15.6 Å². The zero-order chi connectivity index (χ0) is 22.4. The van der Waals surface area contributed by atoms with Gasteiger partial charge in [0.25, 0.3) is 5.91 Å². The largest absolute Gasteiger partial charge is 0.489 e. The number of aliphatic hydroxyl groups is 2. The summed E-state index contributed by atoms with van der Waals surface area (Å²) in [6.07, 6.45) is 2.48. The van der Waals surface area contributed by atoms with E-state index < -0.39 is 24.4 Å². The van der Waals surface area contributed by atoms with Crippen molar-refractivity contribution in [1.29, 1.82) is 0 Å². The van der Waals surface area contributed by atoms with Crippen molar-refractivity contribution in [2.24, 2.45) is 0 Å². The van der Waals surface area contributed by atoms with Gasteiger partial charge in [-0.2, -0.15) is 0 Å². The van der Waals surface area contributed by atoms with Crippen LogP contribution in [0.3, 0.4) is 0 Å². The summed E-state index contributed by atoms with van der Waals surface area (Å²) in [6, 6.07) is 4.81. The van der Waals surface area contributed by atoms with Gasteiger partial charge in [-0.3, -0.25) is 4.79 Å². The Morgan fingerprint density at radius 3 is 2.90 bits per heavy atom. The lowest BCUT2D eigenvalue weighted by molar-refractivity contribution is -0.141. The third-order valence-corrected chi connectivity index (χ3v) is 5.20. The van der Waals surface area contributed by atoms with Gasteiger partial charge >= 0.3 is 0 Å². The van der Waals surface area contributed by atoms with Gasteiger partial charge in [0, 0.05) is 31.3 Å². The van der Waals surface area contributed by atoms with E-state index in [1.165, 1.54) is 22.8 Å².